The van der Waals surface area contributed by atoms with Gasteiger partial charge in [0, 0.05) is 6.42 Å². The summed E-state index contributed by atoms with van der Waals surface area (Å²) in [7, 11) is 0. The Morgan fingerprint density at radius 1 is 1.40 bits per heavy atom. The zero-order valence-corrected chi connectivity index (χ0v) is 9.73. The summed E-state index contributed by atoms with van der Waals surface area (Å²) in [6.07, 6.45) is 0.403. The van der Waals surface area contributed by atoms with Crippen molar-refractivity contribution < 1.29 is 9.18 Å². The van der Waals surface area contributed by atoms with Crippen LogP contribution in [0.1, 0.15) is 42.9 Å². The van der Waals surface area contributed by atoms with Crippen molar-refractivity contribution in [2.75, 3.05) is 0 Å². The molecule has 1 nitrogen and oxygen atoms in total. The molecule has 0 aliphatic heterocycles. The van der Waals surface area contributed by atoms with Crippen LogP contribution in [-0.4, -0.2) is 5.78 Å². The molecule has 1 aromatic carbocycles. The molecule has 0 aromatic heterocycles. The number of Topliss-reactive ketones (excluding diaryl/α,β-unsaturated/α-hetero) is 1. The topological polar surface area (TPSA) is 17.1 Å². The first-order valence-electron chi connectivity index (χ1n) is 5.18. The fraction of sp³-hybridized carbons (Fsp3) is 0.462. The minimum atomic E-state index is -0.172. The molecule has 0 bridgehead atoms. The Bertz CT molecular complexity index is 382. The molecule has 0 N–H and O–H groups in total. The molecule has 0 heterocycles. The van der Waals surface area contributed by atoms with Crippen molar-refractivity contribution in [2.45, 2.75) is 40.0 Å². The van der Waals surface area contributed by atoms with Gasteiger partial charge in [-0.1, -0.05) is 24.6 Å². The Morgan fingerprint density at radius 3 is 2.53 bits per heavy atom. The molecule has 1 unspecified atom stereocenters. The van der Waals surface area contributed by atoms with Gasteiger partial charge in [-0.3, -0.25) is 0 Å². The average molecular weight is 208 g/mol. The highest BCUT2D eigenvalue weighted by molar-refractivity contribution is 5.76. The van der Waals surface area contributed by atoms with Crippen molar-refractivity contribution in [1.29, 1.82) is 0 Å². The molecule has 0 aliphatic rings. The average Bonchev–Trinajstić information content (AvgIpc) is 2.09. The number of aryl methyl sites for hydroxylation is 2. The Morgan fingerprint density at radius 2 is 2.00 bits per heavy atom. The van der Waals surface area contributed by atoms with Gasteiger partial charge < -0.3 is 4.79 Å². The fourth-order valence-corrected chi connectivity index (χ4v) is 1.88. The first-order valence-corrected chi connectivity index (χ1v) is 5.18. The lowest BCUT2D eigenvalue weighted by molar-refractivity contribution is -0.117. The monoisotopic (exact) mass is 208 g/mol. The van der Waals surface area contributed by atoms with Crippen LogP contribution in [0.15, 0.2) is 12.1 Å². The van der Waals surface area contributed by atoms with Crippen LogP contribution in [-0.2, 0) is 4.79 Å². The quantitative estimate of drug-likeness (QED) is 0.742. The normalized spacial score (nSPS) is 12.6. The lowest BCUT2D eigenvalue weighted by atomic mass is 9.92. The summed E-state index contributed by atoms with van der Waals surface area (Å²) in [5.41, 5.74) is 2.35. The van der Waals surface area contributed by atoms with Crippen molar-refractivity contribution in [1.82, 2.24) is 0 Å². The van der Waals surface area contributed by atoms with E-state index in [-0.39, 0.29) is 17.5 Å². The van der Waals surface area contributed by atoms with E-state index in [4.69, 9.17) is 0 Å². The van der Waals surface area contributed by atoms with Gasteiger partial charge in [-0.15, -0.1) is 0 Å². The van der Waals surface area contributed by atoms with Gasteiger partial charge in [-0.05, 0) is 37.8 Å². The largest absolute Gasteiger partial charge is 0.300 e. The molecule has 2 heteroatoms. The molecule has 0 radical (unpaired) electrons. The van der Waals surface area contributed by atoms with Crippen LogP contribution in [0.4, 0.5) is 4.39 Å². The number of carbonyl (C=O) groups excluding carboxylic acids is 1. The molecule has 1 atom stereocenters. The number of ketones is 1. The summed E-state index contributed by atoms with van der Waals surface area (Å²) < 4.78 is 13.8. The van der Waals surface area contributed by atoms with Gasteiger partial charge in [-0.25, -0.2) is 4.39 Å². The van der Waals surface area contributed by atoms with Crippen LogP contribution < -0.4 is 0 Å². The van der Waals surface area contributed by atoms with Crippen molar-refractivity contribution in [3.05, 3.63) is 34.6 Å². The van der Waals surface area contributed by atoms with Gasteiger partial charge in [0.15, 0.2) is 0 Å². The van der Waals surface area contributed by atoms with Crippen LogP contribution in [0.2, 0.25) is 0 Å². The number of hydrogen-bond donors (Lipinski definition) is 0. The maximum atomic E-state index is 13.8. The van der Waals surface area contributed by atoms with Gasteiger partial charge in [0.05, 0.1) is 0 Å². The molecule has 0 amide bonds. The third kappa shape index (κ3) is 2.88. The molecule has 1 rings (SSSR count). The number of hydrogen-bond acceptors (Lipinski definition) is 1. The predicted molar refractivity (Wildman–Crippen MR) is 59.6 cm³/mol. The third-order valence-corrected chi connectivity index (χ3v) is 2.55. The van der Waals surface area contributed by atoms with Crippen LogP contribution in [0.25, 0.3) is 0 Å². The Hall–Kier alpha value is -1.18. The van der Waals surface area contributed by atoms with E-state index in [1.165, 1.54) is 6.92 Å². The first kappa shape index (κ1) is 11.9. The van der Waals surface area contributed by atoms with Crippen molar-refractivity contribution in [3.8, 4) is 0 Å². The molecular formula is C13H17FO. The SMILES string of the molecule is CC(=O)CC(C)c1cc(C)cc(C)c1F. The zero-order chi connectivity index (χ0) is 11.6. The zero-order valence-electron chi connectivity index (χ0n) is 9.73. The summed E-state index contributed by atoms with van der Waals surface area (Å²) >= 11 is 0. The summed E-state index contributed by atoms with van der Waals surface area (Å²) in [5.74, 6) is -0.114. The van der Waals surface area contributed by atoms with E-state index < -0.39 is 0 Å². The maximum absolute atomic E-state index is 13.8. The smallest absolute Gasteiger partial charge is 0.130 e. The molecule has 0 fully saturated rings. The summed E-state index contributed by atoms with van der Waals surface area (Å²) in [4.78, 5) is 11.0. The van der Waals surface area contributed by atoms with Gasteiger partial charge >= 0.3 is 0 Å². The van der Waals surface area contributed by atoms with E-state index >= 15 is 0 Å². The van der Waals surface area contributed by atoms with Gasteiger partial charge in [0.25, 0.3) is 0 Å². The van der Waals surface area contributed by atoms with Crippen LogP contribution >= 0.6 is 0 Å². The van der Waals surface area contributed by atoms with E-state index in [0.29, 0.717) is 17.5 Å². The van der Waals surface area contributed by atoms with Crippen molar-refractivity contribution in [2.24, 2.45) is 0 Å². The number of halogens is 1. The van der Waals surface area contributed by atoms with E-state index in [1.54, 1.807) is 6.92 Å². The van der Waals surface area contributed by atoms with Crippen LogP contribution in [0.3, 0.4) is 0 Å². The second-order valence-corrected chi connectivity index (χ2v) is 4.29. The fourth-order valence-electron chi connectivity index (χ4n) is 1.88. The standard InChI is InChI=1S/C13H17FO/c1-8-5-10(3)13(14)12(6-8)9(2)7-11(4)15/h5-6,9H,7H2,1-4H3. The summed E-state index contributed by atoms with van der Waals surface area (Å²) in [5, 5.41) is 0. The third-order valence-electron chi connectivity index (χ3n) is 2.55. The van der Waals surface area contributed by atoms with Crippen molar-refractivity contribution >= 4 is 5.78 Å². The highest BCUT2D eigenvalue weighted by atomic mass is 19.1. The van der Waals surface area contributed by atoms with Crippen LogP contribution in [0.5, 0.6) is 0 Å². The minimum absolute atomic E-state index is 0.0406. The number of carbonyl (C=O) groups is 1. The molecule has 0 saturated carbocycles. The molecule has 1 aromatic rings. The van der Waals surface area contributed by atoms with E-state index in [9.17, 15) is 9.18 Å². The first-order chi connectivity index (χ1) is 6.91. The van der Waals surface area contributed by atoms with E-state index in [0.717, 1.165) is 5.56 Å². The molecule has 0 aliphatic carbocycles. The Labute approximate surface area is 90.3 Å². The van der Waals surface area contributed by atoms with E-state index in [1.807, 2.05) is 26.0 Å². The second-order valence-electron chi connectivity index (χ2n) is 4.29. The highest BCUT2D eigenvalue weighted by Crippen LogP contribution is 2.25. The van der Waals surface area contributed by atoms with Gasteiger partial charge in [-0.2, -0.15) is 0 Å². The molecule has 15 heavy (non-hydrogen) atoms. The molecular weight excluding hydrogens is 191 g/mol. The molecule has 0 spiro atoms. The van der Waals surface area contributed by atoms with Crippen LogP contribution in [0, 0.1) is 19.7 Å². The molecule has 82 valence electrons. The number of benzene rings is 1. The van der Waals surface area contributed by atoms with Gasteiger partial charge in [0.1, 0.15) is 11.6 Å². The Kier molecular flexibility index (Phi) is 3.61. The van der Waals surface area contributed by atoms with E-state index in [2.05, 4.69) is 0 Å². The summed E-state index contributed by atoms with van der Waals surface area (Å²) in [6.45, 7) is 7.12. The Balaban J connectivity index is 3.07. The maximum Gasteiger partial charge on any atom is 0.130 e. The van der Waals surface area contributed by atoms with Gasteiger partial charge in [0.2, 0.25) is 0 Å². The highest BCUT2D eigenvalue weighted by Gasteiger charge is 2.14. The lowest BCUT2D eigenvalue weighted by Gasteiger charge is -2.13. The van der Waals surface area contributed by atoms with Crippen molar-refractivity contribution in [3.63, 3.8) is 0 Å². The lowest BCUT2D eigenvalue weighted by Crippen LogP contribution is -2.04. The second kappa shape index (κ2) is 4.56. The predicted octanol–water partition coefficient (Wildman–Crippen LogP) is 3.53. The number of rotatable bonds is 3. The molecule has 0 saturated heterocycles. The summed E-state index contributed by atoms with van der Waals surface area (Å²) in [6, 6.07) is 3.65. The minimum Gasteiger partial charge on any atom is -0.300 e.